The van der Waals surface area contributed by atoms with Gasteiger partial charge in [-0.15, -0.1) is 0 Å². The fourth-order valence-corrected chi connectivity index (χ4v) is 4.75. The van der Waals surface area contributed by atoms with Gasteiger partial charge < -0.3 is 14.8 Å². The van der Waals surface area contributed by atoms with Crippen molar-refractivity contribution in [3.05, 3.63) is 54.4 Å². The summed E-state index contributed by atoms with van der Waals surface area (Å²) in [5.74, 6) is 1.33. The van der Waals surface area contributed by atoms with Crippen LogP contribution in [0.25, 0.3) is 16.8 Å². The average Bonchev–Trinajstić information content (AvgIpc) is 3.37. The SMILES string of the molecule is c1cnn(-c2ccc3c(c2)COc2nc(OC4CC5CCC(C4)N5)ccc2-3)c1. The van der Waals surface area contributed by atoms with E-state index in [2.05, 4.69) is 39.7 Å². The van der Waals surface area contributed by atoms with Crippen LogP contribution in [-0.4, -0.2) is 33.0 Å². The zero-order valence-electron chi connectivity index (χ0n) is 15.5. The van der Waals surface area contributed by atoms with Crippen molar-refractivity contribution in [1.82, 2.24) is 20.1 Å². The van der Waals surface area contributed by atoms with Crippen LogP contribution in [-0.2, 0) is 6.61 Å². The van der Waals surface area contributed by atoms with E-state index in [0.717, 1.165) is 35.2 Å². The van der Waals surface area contributed by atoms with E-state index in [0.29, 0.717) is 30.5 Å². The van der Waals surface area contributed by atoms with Crippen LogP contribution in [0.2, 0.25) is 0 Å². The van der Waals surface area contributed by atoms with Gasteiger partial charge in [-0.2, -0.15) is 10.1 Å². The van der Waals surface area contributed by atoms with Crippen LogP contribution < -0.4 is 14.8 Å². The van der Waals surface area contributed by atoms with E-state index in [1.165, 1.54) is 12.8 Å². The van der Waals surface area contributed by atoms with Crippen LogP contribution >= 0.6 is 0 Å². The Kier molecular flexibility index (Phi) is 3.65. The summed E-state index contributed by atoms with van der Waals surface area (Å²) < 4.78 is 14.0. The molecule has 1 N–H and O–H groups in total. The van der Waals surface area contributed by atoms with Crippen molar-refractivity contribution in [3.8, 4) is 28.6 Å². The van der Waals surface area contributed by atoms with Crippen molar-refractivity contribution in [1.29, 1.82) is 0 Å². The molecule has 3 aliphatic rings. The van der Waals surface area contributed by atoms with Crippen molar-refractivity contribution < 1.29 is 9.47 Å². The van der Waals surface area contributed by atoms with Gasteiger partial charge in [0.25, 0.3) is 0 Å². The normalized spacial score (nSPS) is 24.9. The first-order chi connectivity index (χ1) is 13.8. The maximum atomic E-state index is 6.22. The zero-order valence-corrected chi connectivity index (χ0v) is 15.5. The highest BCUT2D eigenvalue weighted by atomic mass is 16.5. The summed E-state index contributed by atoms with van der Waals surface area (Å²) in [5, 5.41) is 7.95. The van der Waals surface area contributed by atoms with Crippen LogP contribution in [0.15, 0.2) is 48.8 Å². The van der Waals surface area contributed by atoms with Gasteiger partial charge in [0.05, 0.1) is 5.69 Å². The number of aromatic nitrogens is 3. The number of nitrogens with zero attached hydrogens (tertiary/aromatic N) is 3. The highest BCUT2D eigenvalue weighted by molar-refractivity contribution is 5.74. The summed E-state index contributed by atoms with van der Waals surface area (Å²) in [6, 6.07) is 13.5. The lowest BCUT2D eigenvalue weighted by Crippen LogP contribution is -2.42. The first kappa shape index (κ1) is 16.1. The van der Waals surface area contributed by atoms with E-state index in [1.54, 1.807) is 6.20 Å². The fraction of sp³-hybridized carbons (Fsp3) is 0.364. The number of benzene rings is 1. The molecule has 2 aromatic heterocycles. The van der Waals surface area contributed by atoms with Crippen molar-refractivity contribution in [3.63, 3.8) is 0 Å². The molecule has 0 aliphatic carbocycles. The maximum absolute atomic E-state index is 6.22. The molecule has 5 heterocycles. The van der Waals surface area contributed by atoms with Crippen LogP contribution in [0, 0.1) is 0 Å². The summed E-state index contributed by atoms with van der Waals surface area (Å²) in [6.07, 6.45) is 8.63. The van der Waals surface area contributed by atoms with Gasteiger partial charge in [0, 0.05) is 36.1 Å². The smallest absolute Gasteiger partial charge is 0.225 e. The van der Waals surface area contributed by atoms with Crippen molar-refractivity contribution in [2.24, 2.45) is 0 Å². The van der Waals surface area contributed by atoms with Gasteiger partial charge in [-0.25, -0.2) is 4.68 Å². The number of nitrogens with one attached hydrogen (secondary N) is 1. The number of hydrogen-bond acceptors (Lipinski definition) is 5. The molecule has 2 atom stereocenters. The van der Waals surface area contributed by atoms with Crippen LogP contribution in [0.4, 0.5) is 0 Å². The lowest BCUT2D eigenvalue weighted by molar-refractivity contribution is 0.130. The molecular weight excluding hydrogens is 352 g/mol. The lowest BCUT2D eigenvalue weighted by Gasteiger charge is -2.29. The predicted octanol–water partition coefficient (Wildman–Crippen LogP) is 3.49. The number of hydrogen-bond donors (Lipinski definition) is 1. The molecule has 3 aromatic rings. The Labute approximate surface area is 163 Å². The number of piperidine rings is 1. The highest BCUT2D eigenvalue weighted by Crippen LogP contribution is 2.38. The number of fused-ring (bicyclic) bond motifs is 5. The summed E-state index contributed by atoms with van der Waals surface area (Å²) in [7, 11) is 0. The molecule has 1 aromatic carbocycles. The quantitative estimate of drug-likeness (QED) is 0.760. The summed E-state index contributed by atoms with van der Waals surface area (Å²) >= 11 is 0. The van der Waals surface area contributed by atoms with Crippen molar-refractivity contribution >= 4 is 0 Å². The van der Waals surface area contributed by atoms with Gasteiger partial charge in [0.2, 0.25) is 11.8 Å². The molecule has 142 valence electrons. The minimum Gasteiger partial charge on any atom is -0.474 e. The Balaban J connectivity index is 1.26. The third-order valence-electron chi connectivity index (χ3n) is 6.06. The number of pyridine rings is 1. The Hall–Kier alpha value is -2.86. The van der Waals surface area contributed by atoms with Gasteiger partial charge >= 0.3 is 0 Å². The second-order valence-corrected chi connectivity index (χ2v) is 7.93. The van der Waals surface area contributed by atoms with Gasteiger partial charge in [0.1, 0.15) is 12.7 Å². The zero-order chi connectivity index (χ0) is 18.5. The summed E-state index contributed by atoms with van der Waals surface area (Å²) in [6.45, 7) is 0.505. The standard InChI is InChI=1S/C22H22N4O2/c1-8-23-26(9-1)17-4-5-19-14(10-17)13-27-22-20(19)6-7-21(25-22)28-18-11-15-2-3-16(12-18)24-15/h1,4-10,15-16,18,24H,2-3,11-13H2. The van der Waals surface area contributed by atoms with Gasteiger partial charge in [-0.1, -0.05) is 6.07 Å². The Morgan fingerprint density at radius 1 is 1.07 bits per heavy atom. The van der Waals surface area contributed by atoms with E-state index in [4.69, 9.17) is 9.47 Å². The van der Waals surface area contributed by atoms with Crippen LogP contribution in [0.3, 0.4) is 0 Å². The summed E-state index contributed by atoms with van der Waals surface area (Å²) in [5.41, 5.74) is 4.36. The first-order valence-electron chi connectivity index (χ1n) is 10.0. The largest absolute Gasteiger partial charge is 0.474 e. The molecule has 6 rings (SSSR count). The molecule has 6 nitrogen and oxygen atoms in total. The monoisotopic (exact) mass is 374 g/mol. The second-order valence-electron chi connectivity index (χ2n) is 7.93. The molecule has 2 unspecified atom stereocenters. The Bertz CT molecular complexity index is 1010. The van der Waals surface area contributed by atoms with E-state index >= 15 is 0 Å². The third kappa shape index (κ3) is 2.76. The molecule has 2 saturated heterocycles. The highest BCUT2D eigenvalue weighted by Gasteiger charge is 2.34. The Morgan fingerprint density at radius 3 is 2.75 bits per heavy atom. The minimum absolute atomic E-state index is 0.247. The van der Waals surface area contributed by atoms with Crippen molar-refractivity contribution in [2.45, 2.75) is 50.5 Å². The molecule has 28 heavy (non-hydrogen) atoms. The van der Waals surface area contributed by atoms with Gasteiger partial charge in [0.15, 0.2) is 0 Å². The Morgan fingerprint density at radius 2 is 1.93 bits per heavy atom. The van der Waals surface area contributed by atoms with Crippen molar-refractivity contribution in [2.75, 3.05) is 0 Å². The van der Waals surface area contributed by atoms with E-state index < -0.39 is 0 Å². The fourth-order valence-electron chi connectivity index (χ4n) is 4.75. The van der Waals surface area contributed by atoms with E-state index in [9.17, 15) is 0 Å². The molecular formula is C22H22N4O2. The molecule has 3 aliphatic heterocycles. The number of ether oxygens (including phenoxy) is 2. The van der Waals surface area contributed by atoms with Crippen LogP contribution in [0.5, 0.6) is 11.8 Å². The van der Waals surface area contributed by atoms with Gasteiger partial charge in [-0.05, 0) is 61.1 Å². The summed E-state index contributed by atoms with van der Waals surface area (Å²) in [4.78, 5) is 4.67. The molecule has 0 saturated carbocycles. The lowest BCUT2D eigenvalue weighted by atomic mass is 9.98. The van der Waals surface area contributed by atoms with Gasteiger partial charge in [-0.3, -0.25) is 0 Å². The molecule has 2 fully saturated rings. The topological polar surface area (TPSA) is 61.2 Å². The minimum atomic E-state index is 0.247. The molecule has 0 amide bonds. The number of rotatable bonds is 3. The molecule has 6 heteroatoms. The predicted molar refractivity (Wildman–Crippen MR) is 105 cm³/mol. The first-order valence-corrected chi connectivity index (χ1v) is 10.0. The second kappa shape index (κ2) is 6.34. The third-order valence-corrected chi connectivity index (χ3v) is 6.06. The molecule has 2 bridgehead atoms. The van der Waals surface area contributed by atoms with E-state index in [-0.39, 0.29) is 6.10 Å². The molecule has 0 radical (unpaired) electrons. The maximum Gasteiger partial charge on any atom is 0.225 e. The molecule has 0 spiro atoms. The average molecular weight is 374 g/mol. The van der Waals surface area contributed by atoms with E-state index in [1.807, 2.05) is 23.0 Å². The van der Waals surface area contributed by atoms with Crippen LogP contribution in [0.1, 0.15) is 31.2 Å².